The summed E-state index contributed by atoms with van der Waals surface area (Å²) in [5.74, 6) is -0.815. The molecule has 0 saturated carbocycles. The fraction of sp³-hybridized carbons (Fsp3) is 0.207. The highest BCUT2D eigenvalue weighted by Gasteiger charge is 2.25. The zero-order valence-corrected chi connectivity index (χ0v) is 23.0. The molecule has 2 aromatic carbocycles. The summed E-state index contributed by atoms with van der Waals surface area (Å²) in [5.41, 5.74) is 3.21. The van der Waals surface area contributed by atoms with Crippen molar-refractivity contribution < 1.29 is 29.9 Å². The van der Waals surface area contributed by atoms with Gasteiger partial charge in [0.05, 0.1) is 12.3 Å². The Labute approximate surface area is 229 Å². The summed E-state index contributed by atoms with van der Waals surface area (Å²) in [4.78, 5) is 21.7. The van der Waals surface area contributed by atoms with E-state index in [9.17, 15) is 17.6 Å². The number of aryl methyl sites for hydroxylation is 4. The summed E-state index contributed by atoms with van der Waals surface area (Å²) >= 11 is 0. The van der Waals surface area contributed by atoms with E-state index in [4.69, 9.17) is 9.47 Å². The number of rotatable bonds is 8. The lowest BCUT2D eigenvalue weighted by molar-refractivity contribution is 0.0978. The second kappa shape index (κ2) is 11.2. The van der Waals surface area contributed by atoms with Crippen molar-refractivity contribution in [1.82, 2.24) is 14.7 Å². The molecule has 2 aromatic heterocycles. The first-order valence-corrected chi connectivity index (χ1v) is 13.7. The average molecular weight is 554 g/mol. The molecule has 10 heteroatoms. The number of halogens is 1. The van der Waals surface area contributed by atoms with E-state index in [2.05, 4.69) is 9.97 Å². The van der Waals surface area contributed by atoms with Crippen molar-refractivity contribution in [2.24, 2.45) is 0 Å². The Kier molecular flexibility index (Phi) is 7.96. The van der Waals surface area contributed by atoms with Crippen molar-refractivity contribution in [3.8, 4) is 28.6 Å². The van der Waals surface area contributed by atoms with E-state index in [0.29, 0.717) is 23.8 Å². The van der Waals surface area contributed by atoms with E-state index in [-0.39, 0.29) is 30.6 Å². The van der Waals surface area contributed by atoms with Crippen LogP contribution in [0.3, 0.4) is 0 Å². The molecule has 0 spiro atoms. The Balaban J connectivity index is 0.00000294. The lowest BCUT2D eigenvalue weighted by atomic mass is 10.1. The summed E-state index contributed by atoms with van der Waals surface area (Å²) in [6, 6.07) is 15.3. The number of hydrogen-bond donors (Lipinski definition) is 1. The average Bonchev–Trinajstić information content (AvgIpc) is 2.87. The van der Waals surface area contributed by atoms with Crippen LogP contribution >= 0.6 is 0 Å². The van der Waals surface area contributed by atoms with Crippen LogP contribution in [0.1, 0.15) is 42.5 Å². The van der Waals surface area contributed by atoms with Gasteiger partial charge >= 0.3 is 0 Å². The molecule has 0 bridgehead atoms. The molecule has 0 aliphatic rings. The highest BCUT2D eigenvalue weighted by Crippen LogP contribution is 2.34. The Morgan fingerprint density at radius 3 is 2.36 bits per heavy atom. The van der Waals surface area contributed by atoms with Gasteiger partial charge < -0.3 is 9.47 Å². The summed E-state index contributed by atoms with van der Waals surface area (Å²) < 4.78 is 54.3. The van der Waals surface area contributed by atoms with Gasteiger partial charge in [-0.15, -0.1) is 0 Å². The molecule has 0 aliphatic heterocycles. The van der Waals surface area contributed by atoms with Crippen LogP contribution in [-0.4, -0.2) is 30.9 Å². The minimum Gasteiger partial charge on any atom is -0.494 e. The first kappa shape index (κ1) is 27.7. The molecule has 0 unspecified atom stereocenters. The molecule has 4 rings (SSSR count). The van der Waals surface area contributed by atoms with Gasteiger partial charge in [0.25, 0.3) is 15.9 Å². The van der Waals surface area contributed by atoms with Crippen LogP contribution in [0, 0.1) is 33.5 Å². The lowest BCUT2D eigenvalue weighted by Gasteiger charge is -2.16. The number of hydrogen-bond acceptors (Lipinski definition) is 7. The molecule has 0 aliphatic carbocycles. The van der Waals surface area contributed by atoms with Crippen LogP contribution in [0.25, 0.3) is 11.3 Å². The van der Waals surface area contributed by atoms with Gasteiger partial charge in [-0.25, -0.2) is 19.1 Å². The Morgan fingerprint density at radius 2 is 1.69 bits per heavy atom. The van der Waals surface area contributed by atoms with E-state index < -0.39 is 21.7 Å². The Hall–Kier alpha value is -4.31. The smallest absolute Gasteiger partial charge is 0.281 e. The molecule has 206 valence electrons. The van der Waals surface area contributed by atoms with Gasteiger partial charge in [-0.1, -0.05) is 23.8 Å². The number of nitrogens with zero attached hydrogens (tertiary/aromatic N) is 2. The molecule has 0 radical (unpaired) electrons. The number of ether oxygens (including phenoxy) is 2. The molecular weight excluding hydrogens is 521 g/mol. The number of benzene rings is 2. The second-order valence-corrected chi connectivity index (χ2v) is 10.6. The largest absolute Gasteiger partial charge is 0.494 e. The van der Waals surface area contributed by atoms with E-state index in [1.54, 1.807) is 13.0 Å². The number of nitrogens with one attached hydrogen (secondary N) is 1. The summed E-state index contributed by atoms with van der Waals surface area (Å²) in [6.07, 6.45) is 0. The minimum atomic E-state index is -4.29. The normalized spacial score (nSPS) is 11.2. The molecule has 39 heavy (non-hydrogen) atoms. The third kappa shape index (κ3) is 6.23. The third-order valence-electron chi connectivity index (χ3n) is 5.80. The highest BCUT2D eigenvalue weighted by atomic mass is 32.2. The number of sulfonamides is 1. The van der Waals surface area contributed by atoms with Crippen molar-refractivity contribution in [3.63, 3.8) is 0 Å². The van der Waals surface area contributed by atoms with Gasteiger partial charge in [-0.2, -0.15) is 8.42 Å². The van der Waals surface area contributed by atoms with Crippen LogP contribution in [0.4, 0.5) is 4.39 Å². The first-order valence-electron chi connectivity index (χ1n) is 12.2. The molecule has 0 atom stereocenters. The molecule has 0 saturated heterocycles. The lowest BCUT2D eigenvalue weighted by Crippen LogP contribution is -2.31. The number of carbonyl (C=O) groups excluding carboxylic acids is 1. The second-order valence-electron chi connectivity index (χ2n) is 9.01. The number of amides is 1. The van der Waals surface area contributed by atoms with Gasteiger partial charge in [0.15, 0.2) is 5.03 Å². The molecule has 0 fully saturated rings. The SMILES string of the molecule is CCOc1ccc(F)c(-c2ccc(C(=O)NS(=O)(=O)c3cccc(C)n3)c(Oc3c(C)cc(C)cc3C)n2)c1.[HH].[HH]. The summed E-state index contributed by atoms with van der Waals surface area (Å²) in [5, 5.41) is -0.303. The van der Waals surface area contributed by atoms with Crippen LogP contribution in [0.5, 0.6) is 17.4 Å². The highest BCUT2D eigenvalue weighted by molar-refractivity contribution is 7.90. The van der Waals surface area contributed by atoms with Crippen molar-refractivity contribution in [2.75, 3.05) is 6.61 Å². The topological polar surface area (TPSA) is 107 Å². The number of aromatic nitrogens is 2. The van der Waals surface area contributed by atoms with E-state index in [1.165, 1.54) is 42.5 Å². The maximum absolute atomic E-state index is 14.8. The zero-order chi connectivity index (χ0) is 28.3. The van der Waals surface area contributed by atoms with Crippen molar-refractivity contribution in [3.05, 3.63) is 94.4 Å². The van der Waals surface area contributed by atoms with E-state index in [0.717, 1.165) is 16.7 Å². The molecule has 2 heterocycles. The monoisotopic (exact) mass is 553 g/mol. The molecular formula is C29H32FN3O5S. The van der Waals surface area contributed by atoms with Crippen LogP contribution in [0.2, 0.25) is 0 Å². The van der Waals surface area contributed by atoms with Gasteiger partial charge in [0.1, 0.15) is 22.9 Å². The third-order valence-corrected chi connectivity index (χ3v) is 7.03. The standard InChI is InChI=1S/C29H28FN3O5S.2H2/c1-6-37-21-10-12-24(30)23(16-21)25-13-11-22(28(34)33-39(35,36)26-9-7-8-20(5)31-26)29(32-25)38-27-18(3)14-17(2)15-19(27)4;;/h7-16H,6H2,1-5H3,(H,33,34);2*1H. The molecule has 4 aromatic rings. The Morgan fingerprint density at radius 1 is 0.974 bits per heavy atom. The van der Waals surface area contributed by atoms with E-state index in [1.807, 2.05) is 44.5 Å². The maximum atomic E-state index is 14.8. The minimum absolute atomic E-state index is 0. The quantitative estimate of drug-likeness (QED) is 0.272. The van der Waals surface area contributed by atoms with Crippen LogP contribution < -0.4 is 14.2 Å². The zero-order valence-electron chi connectivity index (χ0n) is 22.2. The molecule has 1 amide bonds. The van der Waals surface area contributed by atoms with Crippen molar-refractivity contribution in [2.45, 2.75) is 39.6 Å². The van der Waals surface area contributed by atoms with E-state index >= 15 is 0 Å². The van der Waals surface area contributed by atoms with Gasteiger partial charge in [0, 0.05) is 14.1 Å². The Bertz CT molecular complexity index is 1660. The van der Waals surface area contributed by atoms with Crippen molar-refractivity contribution >= 4 is 15.9 Å². The van der Waals surface area contributed by atoms with Gasteiger partial charge in [-0.3, -0.25) is 4.79 Å². The molecule has 8 nitrogen and oxygen atoms in total. The predicted octanol–water partition coefficient (Wildman–Crippen LogP) is 6.32. The summed E-state index contributed by atoms with van der Waals surface area (Å²) in [7, 11) is -4.29. The van der Waals surface area contributed by atoms with Crippen molar-refractivity contribution in [1.29, 1.82) is 0 Å². The predicted molar refractivity (Wildman–Crippen MR) is 149 cm³/mol. The first-order chi connectivity index (χ1) is 18.5. The van der Waals surface area contributed by atoms with Crippen LogP contribution in [0.15, 0.2) is 65.7 Å². The fourth-order valence-electron chi connectivity index (χ4n) is 4.12. The van der Waals surface area contributed by atoms with Crippen LogP contribution in [-0.2, 0) is 10.0 Å². The number of carbonyl (C=O) groups is 1. The van der Waals surface area contributed by atoms with Gasteiger partial charge in [0.2, 0.25) is 5.88 Å². The molecule has 1 N–H and O–H groups in total. The van der Waals surface area contributed by atoms with Gasteiger partial charge in [-0.05, 0) is 88.2 Å². The summed E-state index contributed by atoms with van der Waals surface area (Å²) in [6.45, 7) is 9.48. The maximum Gasteiger partial charge on any atom is 0.281 e. The fourth-order valence-corrected chi connectivity index (χ4v) is 5.10. The number of pyridine rings is 2.